The Morgan fingerprint density at radius 1 is 1.05 bits per heavy atom. The van der Waals surface area contributed by atoms with Crippen LogP contribution < -0.4 is 0 Å². The lowest BCUT2D eigenvalue weighted by Crippen LogP contribution is -2.43. The van der Waals surface area contributed by atoms with E-state index in [0.717, 1.165) is 25.7 Å². The van der Waals surface area contributed by atoms with E-state index in [2.05, 4.69) is 0 Å². The molecule has 0 bridgehead atoms. The minimum Gasteiger partial charge on any atom is -0.394 e. The molecule has 2 fully saturated rings. The summed E-state index contributed by atoms with van der Waals surface area (Å²) in [6.45, 7) is 1.50. The van der Waals surface area contributed by atoms with Crippen LogP contribution >= 0.6 is 0 Å². The van der Waals surface area contributed by atoms with Gasteiger partial charge in [-0.25, -0.2) is 12.7 Å². The lowest BCUT2D eigenvalue weighted by atomic mass is 9.91. The Kier molecular flexibility index (Phi) is 6.26. The van der Waals surface area contributed by atoms with Crippen LogP contribution in [0.3, 0.4) is 0 Å². The van der Waals surface area contributed by atoms with E-state index in [9.17, 15) is 8.42 Å². The number of hydrogen-bond acceptors (Lipinski definition) is 4. The quantitative estimate of drug-likeness (QED) is 0.805. The summed E-state index contributed by atoms with van der Waals surface area (Å²) in [5, 5.41) is 8.73. The molecular formula is C14H27NO4S. The maximum atomic E-state index is 12.4. The Bertz CT molecular complexity index is 371. The van der Waals surface area contributed by atoms with E-state index in [1.807, 2.05) is 0 Å². The zero-order chi connectivity index (χ0) is 14.4. The lowest BCUT2D eigenvalue weighted by Gasteiger charge is -2.32. The normalized spacial score (nSPS) is 24.1. The fourth-order valence-electron chi connectivity index (χ4n) is 3.25. The van der Waals surface area contributed by atoms with Gasteiger partial charge in [-0.3, -0.25) is 0 Å². The summed E-state index contributed by atoms with van der Waals surface area (Å²) >= 11 is 0. The first-order valence-corrected chi connectivity index (χ1v) is 9.43. The highest BCUT2D eigenvalue weighted by Gasteiger charge is 2.30. The molecule has 0 aromatic heterocycles. The van der Waals surface area contributed by atoms with Gasteiger partial charge in [-0.1, -0.05) is 19.3 Å². The Labute approximate surface area is 122 Å². The average molecular weight is 305 g/mol. The van der Waals surface area contributed by atoms with Crippen molar-refractivity contribution in [2.45, 2.75) is 51.0 Å². The van der Waals surface area contributed by atoms with Crippen LogP contribution in [0.4, 0.5) is 0 Å². The maximum Gasteiger partial charge on any atom is 0.214 e. The van der Waals surface area contributed by atoms with Crippen LogP contribution in [0.5, 0.6) is 0 Å². The number of rotatable bonds is 6. The van der Waals surface area contributed by atoms with Gasteiger partial charge in [0.1, 0.15) is 0 Å². The van der Waals surface area contributed by atoms with Crippen LogP contribution in [-0.2, 0) is 14.8 Å². The van der Waals surface area contributed by atoms with Gasteiger partial charge in [0, 0.05) is 13.1 Å². The zero-order valence-corrected chi connectivity index (χ0v) is 13.0. The van der Waals surface area contributed by atoms with E-state index in [0.29, 0.717) is 31.4 Å². The van der Waals surface area contributed by atoms with Crippen molar-refractivity contribution in [2.75, 3.05) is 32.1 Å². The largest absolute Gasteiger partial charge is 0.394 e. The highest BCUT2D eigenvalue weighted by molar-refractivity contribution is 7.89. The molecule has 1 saturated carbocycles. The van der Waals surface area contributed by atoms with Crippen molar-refractivity contribution in [3.63, 3.8) is 0 Å². The summed E-state index contributed by atoms with van der Waals surface area (Å²) in [6.07, 6.45) is 7.32. The van der Waals surface area contributed by atoms with Gasteiger partial charge in [-0.15, -0.1) is 0 Å². The van der Waals surface area contributed by atoms with E-state index < -0.39 is 10.0 Å². The zero-order valence-electron chi connectivity index (χ0n) is 12.2. The van der Waals surface area contributed by atoms with Crippen LogP contribution in [0, 0.1) is 5.92 Å². The average Bonchev–Trinajstić information content (AvgIpc) is 2.46. The van der Waals surface area contributed by atoms with Crippen LogP contribution in [0.15, 0.2) is 0 Å². The van der Waals surface area contributed by atoms with E-state index in [-0.39, 0.29) is 12.7 Å². The number of nitrogens with zero attached hydrogens (tertiary/aromatic N) is 1. The highest BCUT2D eigenvalue weighted by atomic mass is 32.2. The topological polar surface area (TPSA) is 66.8 Å². The van der Waals surface area contributed by atoms with E-state index >= 15 is 0 Å². The minimum absolute atomic E-state index is 0.0280. The predicted octanol–water partition coefficient (Wildman–Crippen LogP) is 1.37. The first-order chi connectivity index (χ1) is 9.62. The van der Waals surface area contributed by atoms with E-state index in [1.54, 1.807) is 4.31 Å². The SMILES string of the molecule is O=S(=O)(CC1CCCCC1)N1CCC(OCCO)CC1. The number of sulfonamides is 1. The number of piperidine rings is 1. The van der Waals surface area contributed by atoms with Crippen molar-refractivity contribution in [3.8, 4) is 0 Å². The molecule has 0 atom stereocenters. The van der Waals surface area contributed by atoms with Crippen LogP contribution in [0.1, 0.15) is 44.9 Å². The second-order valence-corrected chi connectivity index (χ2v) is 7.99. The third-order valence-electron chi connectivity index (χ3n) is 4.41. The second kappa shape index (κ2) is 7.73. The van der Waals surface area contributed by atoms with Gasteiger partial charge in [-0.2, -0.15) is 0 Å². The third-order valence-corrected chi connectivity index (χ3v) is 6.45. The molecule has 1 saturated heterocycles. The van der Waals surface area contributed by atoms with E-state index in [1.165, 1.54) is 19.3 Å². The fourth-order valence-corrected chi connectivity index (χ4v) is 5.16. The minimum atomic E-state index is -3.10. The van der Waals surface area contributed by atoms with Gasteiger partial charge in [0.25, 0.3) is 0 Å². The number of aliphatic hydroxyl groups excluding tert-OH is 1. The first kappa shape index (κ1) is 16.2. The Balaban J connectivity index is 1.79. The van der Waals surface area contributed by atoms with Crippen molar-refractivity contribution in [3.05, 3.63) is 0 Å². The van der Waals surface area contributed by atoms with E-state index in [4.69, 9.17) is 9.84 Å². The summed E-state index contributed by atoms with van der Waals surface area (Å²) in [5.74, 6) is 0.687. The van der Waals surface area contributed by atoms with Crippen molar-refractivity contribution < 1.29 is 18.3 Å². The molecule has 1 heterocycles. The maximum absolute atomic E-state index is 12.4. The molecule has 2 aliphatic rings. The molecule has 0 amide bonds. The van der Waals surface area contributed by atoms with Gasteiger partial charge < -0.3 is 9.84 Å². The van der Waals surface area contributed by atoms with Crippen LogP contribution in [0.25, 0.3) is 0 Å². The van der Waals surface area contributed by atoms with Gasteiger partial charge in [0.15, 0.2) is 0 Å². The van der Waals surface area contributed by atoms with Crippen LogP contribution in [0.2, 0.25) is 0 Å². The van der Waals surface area contributed by atoms with Gasteiger partial charge in [0.2, 0.25) is 10.0 Å². The monoisotopic (exact) mass is 305 g/mol. The summed E-state index contributed by atoms with van der Waals surface area (Å²) in [4.78, 5) is 0. The molecule has 0 unspecified atom stereocenters. The van der Waals surface area contributed by atoms with Gasteiger partial charge in [-0.05, 0) is 31.6 Å². The smallest absolute Gasteiger partial charge is 0.214 e. The number of aliphatic hydroxyl groups is 1. The molecule has 0 aromatic rings. The molecule has 0 radical (unpaired) electrons. The van der Waals surface area contributed by atoms with Gasteiger partial charge >= 0.3 is 0 Å². The molecule has 0 aromatic carbocycles. The fraction of sp³-hybridized carbons (Fsp3) is 1.00. The molecule has 118 valence electrons. The Morgan fingerprint density at radius 2 is 1.70 bits per heavy atom. The lowest BCUT2D eigenvalue weighted by molar-refractivity contribution is 0.00314. The first-order valence-electron chi connectivity index (χ1n) is 7.82. The molecule has 0 spiro atoms. The van der Waals surface area contributed by atoms with Crippen LogP contribution in [-0.4, -0.2) is 56.0 Å². The van der Waals surface area contributed by atoms with Gasteiger partial charge in [0.05, 0.1) is 25.1 Å². The van der Waals surface area contributed by atoms with Crippen molar-refractivity contribution >= 4 is 10.0 Å². The molecule has 1 aliphatic carbocycles. The number of hydrogen-bond donors (Lipinski definition) is 1. The Hall–Kier alpha value is -0.170. The molecule has 2 rings (SSSR count). The molecule has 6 heteroatoms. The van der Waals surface area contributed by atoms with Crippen molar-refractivity contribution in [1.29, 1.82) is 0 Å². The summed E-state index contributed by atoms with van der Waals surface area (Å²) < 4.78 is 32.0. The predicted molar refractivity (Wildman–Crippen MR) is 78.0 cm³/mol. The standard InChI is InChI=1S/C14H27NO4S/c16-10-11-19-14-6-8-15(9-7-14)20(17,18)12-13-4-2-1-3-5-13/h13-14,16H,1-12H2. The van der Waals surface area contributed by atoms with Crippen molar-refractivity contribution in [2.24, 2.45) is 5.92 Å². The summed E-state index contributed by atoms with van der Waals surface area (Å²) in [5.41, 5.74) is 0. The third kappa shape index (κ3) is 4.69. The molecular weight excluding hydrogens is 278 g/mol. The molecule has 20 heavy (non-hydrogen) atoms. The van der Waals surface area contributed by atoms with Crippen molar-refractivity contribution in [1.82, 2.24) is 4.31 Å². The second-order valence-electron chi connectivity index (χ2n) is 5.98. The summed E-state index contributed by atoms with van der Waals surface area (Å²) in [6, 6.07) is 0. The highest BCUT2D eigenvalue weighted by Crippen LogP contribution is 2.27. The summed E-state index contributed by atoms with van der Waals surface area (Å²) in [7, 11) is -3.10. The molecule has 1 N–H and O–H groups in total. The number of ether oxygens (including phenoxy) is 1. The molecule has 1 aliphatic heterocycles. The molecule has 5 nitrogen and oxygen atoms in total. The Morgan fingerprint density at radius 3 is 2.30 bits per heavy atom.